The molecule has 0 unspecified atom stereocenters. The molecule has 0 saturated carbocycles. The first-order valence-electron chi connectivity index (χ1n) is 6.18. The lowest BCUT2D eigenvalue weighted by Gasteiger charge is -2.33. The number of hydrogen-bond acceptors (Lipinski definition) is 1. The van der Waals surface area contributed by atoms with Crippen molar-refractivity contribution in [3.63, 3.8) is 0 Å². The fraction of sp³-hybridized carbons (Fsp3) is 0.600. The average molecular weight is 290 g/mol. The molecule has 1 aromatic carbocycles. The van der Waals surface area contributed by atoms with E-state index in [1.807, 2.05) is 18.2 Å². The molecule has 0 aromatic heterocycles. The smallest absolute Gasteiger partial charge is 0.0450 e. The molecule has 0 amide bonds. The maximum atomic E-state index is 6.15. The summed E-state index contributed by atoms with van der Waals surface area (Å²) in [5.74, 6) is 0. The lowest BCUT2D eigenvalue weighted by atomic mass is 9.82. The van der Waals surface area contributed by atoms with Gasteiger partial charge in [-0.05, 0) is 37.3 Å². The van der Waals surface area contributed by atoms with Crippen molar-refractivity contribution in [2.45, 2.75) is 53.1 Å². The molecule has 104 valence electrons. The highest BCUT2D eigenvalue weighted by atomic mass is 35.5. The minimum absolute atomic E-state index is 0. The van der Waals surface area contributed by atoms with Crippen LogP contribution in [0.1, 0.15) is 46.6 Å². The predicted octanol–water partition coefficient (Wildman–Crippen LogP) is 5.07. The molecule has 0 aliphatic rings. The Morgan fingerprint density at radius 1 is 1.06 bits per heavy atom. The Balaban J connectivity index is 0.00000289. The molecule has 18 heavy (non-hydrogen) atoms. The van der Waals surface area contributed by atoms with Crippen LogP contribution in [0.2, 0.25) is 5.02 Å². The molecule has 0 radical (unpaired) electrons. The monoisotopic (exact) mass is 289 g/mol. The summed E-state index contributed by atoms with van der Waals surface area (Å²) in [7, 11) is 0. The van der Waals surface area contributed by atoms with Crippen molar-refractivity contribution in [1.29, 1.82) is 0 Å². The van der Waals surface area contributed by atoms with E-state index in [1.54, 1.807) is 0 Å². The Kier molecular flexibility index (Phi) is 6.70. The zero-order valence-corrected chi connectivity index (χ0v) is 13.6. The van der Waals surface area contributed by atoms with Gasteiger partial charge in [0, 0.05) is 17.1 Å². The first kappa shape index (κ1) is 17.8. The van der Waals surface area contributed by atoms with Crippen molar-refractivity contribution in [1.82, 2.24) is 5.32 Å². The second-order valence-electron chi connectivity index (χ2n) is 6.57. The average Bonchev–Trinajstić information content (AvgIpc) is 2.13. The third kappa shape index (κ3) is 6.63. The third-order valence-corrected chi connectivity index (χ3v) is 3.06. The van der Waals surface area contributed by atoms with Crippen molar-refractivity contribution < 1.29 is 0 Å². The fourth-order valence-electron chi connectivity index (χ4n) is 2.36. The van der Waals surface area contributed by atoms with Crippen molar-refractivity contribution >= 4 is 24.0 Å². The zero-order valence-electron chi connectivity index (χ0n) is 12.0. The van der Waals surface area contributed by atoms with Crippen LogP contribution in [0.25, 0.3) is 0 Å². The summed E-state index contributed by atoms with van der Waals surface area (Å²) in [6.45, 7) is 12.1. The highest BCUT2D eigenvalue weighted by Gasteiger charge is 2.24. The Bertz CT molecular complexity index is 367. The van der Waals surface area contributed by atoms with Gasteiger partial charge in [0.2, 0.25) is 0 Å². The standard InChI is InChI=1S/C15H24ClN.ClH/c1-14(2,3)11-15(4,5)17-10-12-8-6-7-9-13(12)16;/h6-9,17H,10-11H2,1-5H3;1H. The molecule has 1 rings (SSSR count). The molecular formula is C15H25Cl2N. The lowest BCUT2D eigenvalue weighted by Crippen LogP contribution is -2.41. The second-order valence-corrected chi connectivity index (χ2v) is 6.97. The van der Waals surface area contributed by atoms with E-state index in [0.29, 0.717) is 5.41 Å². The van der Waals surface area contributed by atoms with Gasteiger partial charge in [-0.25, -0.2) is 0 Å². The van der Waals surface area contributed by atoms with Crippen molar-refractivity contribution in [3.05, 3.63) is 34.9 Å². The van der Waals surface area contributed by atoms with Crippen molar-refractivity contribution in [2.75, 3.05) is 0 Å². The van der Waals surface area contributed by atoms with Gasteiger partial charge in [-0.3, -0.25) is 0 Å². The predicted molar refractivity (Wildman–Crippen MR) is 83.7 cm³/mol. The fourth-order valence-corrected chi connectivity index (χ4v) is 2.57. The maximum absolute atomic E-state index is 6.15. The third-order valence-electron chi connectivity index (χ3n) is 2.69. The molecule has 0 spiro atoms. The molecule has 0 heterocycles. The van der Waals surface area contributed by atoms with Crippen LogP contribution in [-0.4, -0.2) is 5.54 Å². The molecule has 0 atom stereocenters. The summed E-state index contributed by atoms with van der Waals surface area (Å²) >= 11 is 6.15. The van der Waals surface area contributed by atoms with Gasteiger partial charge in [0.25, 0.3) is 0 Å². The number of benzene rings is 1. The van der Waals surface area contributed by atoms with Crippen molar-refractivity contribution in [2.24, 2.45) is 5.41 Å². The Morgan fingerprint density at radius 2 is 1.61 bits per heavy atom. The molecule has 3 heteroatoms. The SMILES string of the molecule is CC(C)(C)CC(C)(C)NCc1ccccc1Cl.Cl. The largest absolute Gasteiger partial charge is 0.308 e. The molecular weight excluding hydrogens is 265 g/mol. The second kappa shape index (κ2) is 6.79. The van der Waals surface area contributed by atoms with E-state index < -0.39 is 0 Å². The topological polar surface area (TPSA) is 12.0 Å². The maximum Gasteiger partial charge on any atom is 0.0450 e. The summed E-state index contributed by atoms with van der Waals surface area (Å²) < 4.78 is 0. The Labute approximate surface area is 123 Å². The van der Waals surface area contributed by atoms with Gasteiger partial charge in [0.1, 0.15) is 0 Å². The van der Waals surface area contributed by atoms with Crippen LogP contribution in [0, 0.1) is 5.41 Å². The quantitative estimate of drug-likeness (QED) is 0.816. The van der Waals surface area contributed by atoms with Gasteiger partial charge in [-0.1, -0.05) is 50.6 Å². The number of halogens is 2. The molecule has 0 aliphatic carbocycles. The van der Waals surface area contributed by atoms with Crippen LogP contribution in [0.3, 0.4) is 0 Å². The van der Waals surface area contributed by atoms with Crippen LogP contribution in [0.5, 0.6) is 0 Å². The van der Waals surface area contributed by atoms with E-state index in [4.69, 9.17) is 11.6 Å². The van der Waals surface area contributed by atoms with E-state index in [2.05, 4.69) is 46.0 Å². The highest BCUT2D eigenvalue weighted by Crippen LogP contribution is 2.27. The minimum Gasteiger partial charge on any atom is -0.308 e. The molecule has 1 aromatic rings. The molecule has 1 nitrogen and oxygen atoms in total. The number of nitrogens with one attached hydrogen (secondary N) is 1. The normalized spacial score (nSPS) is 12.1. The molecule has 0 bridgehead atoms. The highest BCUT2D eigenvalue weighted by molar-refractivity contribution is 6.31. The number of rotatable bonds is 4. The van der Waals surface area contributed by atoms with Gasteiger partial charge in [0.15, 0.2) is 0 Å². The summed E-state index contributed by atoms with van der Waals surface area (Å²) in [4.78, 5) is 0. The van der Waals surface area contributed by atoms with Crippen LogP contribution in [0.4, 0.5) is 0 Å². The van der Waals surface area contributed by atoms with Crippen LogP contribution < -0.4 is 5.32 Å². The minimum atomic E-state index is 0. The van der Waals surface area contributed by atoms with Crippen LogP contribution in [0.15, 0.2) is 24.3 Å². The van der Waals surface area contributed by atoms with Crippen molar-refractivity contribution in [3.8, 4) is 0 Å². The Morgan fingerprint density at radius 3 is 2.11 bits per heavy atom. The van der Waals surface area contributed by atoms with Gasteiger partial charge in [0.05, 0.1) is 0 Å². The molecule has 0 fully saturated rings. The lowest BCUT2D eigenvalue weighted by molar-refractivity contribution is 0.241. The van der Waals surface area contributed by atoms with E-state index >= 15 is 0 Å². The van der Waals surface area contributed by atoms with Crippen LogP contribution in [-0.2, 0) is 6.54 Å². The molecule has 1 N–H and O–H groups in total. The molecule has 0 saturated heterocycles. The van der Waals surface area contributed by atoms with Crippen LogP contribution >= 0.6 is 24.0 Å². The van der Waals surface area contributed by atoms with E-state index in [0.717, 1.165) is 23.6 Å². The van der Waals surface area contributed by atoms with E-state index in [1.165, 1.54) is 0 Å². The Hall–Kier alpha value is -0.240. The summed E-state index contributed by atoms with van der Waals surface area (Å²) in [5, 5.41) is 4.43. The summed E-state index contributed by atoms with van der Waals surface area (Å²) in [6, 6.07) is 8.00. The van der Waals surface area contributed by atoms with E-state index in [-0.39, 0.29) is 17.9 Å². The van der Waals surface area contributed by atoms with Gasteiger partial charge >= 0.3 is 0 Å². The van der Waals surface area contributed by atoms with Gasteiger partial charge in [-0.15, -0.1) is 12.4 Å². The zero-order chi connectivity index (χ0) is 13.1. The molecule has 0 aliphatic heterocycles. The summed E-state index contributed by atoms with van der Waals surface area (Å²) in [6.07, 6.45) is 1.13. The van der Waals surface area contributed by atoms with Gasteiger partial charge < -0.3 is 5.32 Å². The van der Waals surface area contributed by atoms with E-state index in [9.17, 15) is 0 Å². The van der Waals surface area contributed by atoms with Gasteiger partial charge in [-0.2, -0.15) is 0 Å². The first-order valence-corrected chi connectivity index (χ1v) is 6.56. The number of hydrogen-bond donors (Lipinski definition) is 1. The summed E-state index contributed by atoms with van der Waals surface area (Å²) in [5.41, 5.74) is 1.62. The first-order chi connectivity index (χ1) is 7.70.